The molecule has 0 unspecified atom stereocenters. The summed E-state index contributed by atoms with van der Waals surface area (Å²) in [6, 6.07) is 7.81. The van der Waals surface area contributed by atoms with Crippen molar-refractivity contribution >= 4 is 15.8 Å². The van der Waals surface area contributed by atoms with Crippen LogP contribution in [0.5, 0.6) is 5.75 Å². The maximum atomic E-state index is 12.2. The Morgan fingerprint density at radius 1 is 1.26 bits per heavy atom. The molecule has 1 aromatic carbocycles. The molecule has 0 amide bonds. The van der Waals surface area contributed by atoms with Crippen LogP contribution in [0.3, 0.4) is 0 Å². The smallest absolute Gasteiger partial charge is 0.194 e. The third-order valence-corrected chi connectivity index (χ3v) is 7.10. The predicted octanol–water partition coefficient (Wildman–Crippen LogP) is 1.69. The molecule has 1 saturated heterocycles. The maximum absolute atomic E-state index is 12.2. The fourth-order valence-electron chi connectivity index (χ4n) is 2.85. The van der Waals surface area contributed by atoms with Gasteiger partial charge in [-0.05, 0) is 38.5 Å². The lowest BCUT2D eigenvalue weighted by Crippen LogP contribution is -2.57. The quantitative estimate of drug-likeness (QED) is 0.428. The van der Waals surface area contributed by atoms with Crippen LogP contribution in [0.25, 0.3) is 0 Å². The Bertz CT molecular complexity index is 730. The van der Waals surface area contributed by atoms with Crippen LogP contribution in [0.15, 0.2) is 29.3 Å². The van der Waals surface area contributed by atoms with Crippen LogP contribution in [0.2, 0.25) is 0 Å². The van der Waals surface area contributed by atoms with Gasteiger partial charge in [0.15, 0.2) is 15.8 Å². The SMILES string of the molecule is CCNC(=NCc1ccc(OCCOC)cc1)N1CCS(=O)(=O)C(C)(C)C1. The lowest BCUT2D eigenvalue weighted by Gasteiger charge is -2.39. The predicted molar refractivity (Wildman–Crippen MR) is 108 cm³/mol. The van der Waals surface area contributed by atoms with E-state index in [2.05, 4.69) is 5.32 Å². The molecular formula is C19H31N3O4S. The van der Waals surface area contributed by atoms with Crippen molar-refractivity contribution in [1.82, 2.24) is 10.2 Å². The van der Waals surface area contributed by atoms with Crippen LogP contribution in [0, 0.1) is 0 Å². The first-order valence-corrected chi connectivity index (χ1v) is 10.9. The van der Waals surface area contributed by atoms with Crippen molar-refractivity contribution in [2.24, 2.45) is 4.99 Å². The monoisotopic (exact) mass is 397 g/mol. The number of hydrogen-bond donors (Lipinski definition) is 1. The van der Waals surface area contributed by atoms with Crippen molar-refractivity contribution in [1.29, 1.82) is 0 Å². The average molecular weight is 398 g/mol. The number of aliphatic imine (C=N–C) groups is 1. The summed E-state index contributed by atoms with van der Waals surface area (Å²) in [7, 11) is -1.43. The summed E-state index contributed by atoms with van der Waals surface area (Å²) >= 11 is 0. The lowest BCUT2D eigenvalue weighted by atomic mass is 10.2. The number of guanidine groups is 1. The van der Waals surface area contributed by atoms with Crippen molar-refractivity contribution in [3.8, 4) is 5.75 Å². The molecule has 0 saturated carbocycles. The fraction of sp³-hybridized carbons (Fsp3) is 0.632. The van der Waals surface area contributed by atoms with Crippen LogP contribution in [0.4, 0.5) is 0 Å². The number of rotatable bonds is 7. The van der Waals surface area contributed by atoms with Gasteiger partial charge in [-0.1, -0.05) is 12.1 Å². The van der Waals surface area contributed by atoms with Gasteiger partial charge in [0.25, 0.3) is 0 Å². The summed E-state index contributed by atoms with van der Waals surface area (Å²) in [6.07, 6.45) is 0. The van der Waals surface area contributed by atoms with Gasteiger partial charge < -0.3 is 19.7 Å². The summed E-state index contributed by atoms with van der Waals surface area (Å²) in [5, 5.41) is 3.28. The van der Waals surface area contributed by atoms with Crippen LogP contribution in [-0.4, -0.2) is 69.7 Å². The molecule has 1 fully saturated rings. The van der Waals surface area contributed by atoms with E-state index in [1.807, 2.05) is 36.1 Å². The number of hydrogen-bond acceptors (Lipinski definition) is 5. The van der Waals surface area contributed by atoms with E-state index < -0.39 is 14.6 Å². The minimum absolute atomic E-state index is 0.151. The summed E-state index contributed by atoms with van der Waals surface area (Å²) in [6.45, 7) is 8.79. The Morgan fingerprint density at radius 2 is 1.96 bits per heavy atom. The molecule has 27 heavy (non-hydrogen) atoms. The second-order valence-electron chi connectivity index (χ2n) is 7.16. The normalized spacial score (nSPS) is 19.0. The topological polar surface area (TPSA) is 80.2 Å². The number of sulfone groups is 1. The Hall–Kier alpha value is -1.80. The molecule has 1 aliphatic rings. The van der Waals surface area contributed by atoms with E-state index in [4.69, 9.17) is 14.5 Å². The van der Waals surface area contributed by atoms with Crippen molar-refractivity contribution in [3.63, 3.8) is 0 Å². The third kappa shape index (κ3) is 5.84. The number of ether oxygens (including phenoxy) is 2. The Labute approximate surface area is 162 Å². The van der Waals surface area contributed by atoms with Crippen LogP contribution < -0.4 is 10.1 Å². The van der Waals surface area contributed by atoms with Crippen molar-refractivity contribution < 1.29 is 17.9 Å². The Balaban J connectivity index is 2.03. The first-order valence-electron chi connectivity index (χ1n) is 9.25. The number of nitrogens with one attached hydrogen (secondary N) is 1. The standard InChI is InChI=1S/C19H31N3O4S/c1-5-20-18(22-10-13-27(23,24)19(2,3)15-22)21-14-16-6-8-17(9-7-16)26-12-11-25-4/h6-9H,5,10-15H2,1-4H3,(H,20,21). The van der Waals surface area contributed by atoms with E-state index in [-0.39, 0.29) is 5.75 Å². The molecule has 0 bridgehead atoms. The number of benzene rings is 1. The highest BCUT2D eigenvalue weighted by Gasteiger charge is 2.40. The highest BCUT2D eigenvalue weighted by molar-refractivity contribution is 7.92. The van der Waals surface area contributed by atoms with E-state index in [1.54, 1.807) is 21.0 Å². The molecule has 0 atom stereocenters. The molecule has 1 aliphatic heterocycles. The van der Waals surface area contributed by atoms with Gasteiger partial charge in [-0.2, -0.15) is 0 Å². The summed E-state index contributed by atoms with van der Waals surface area (Å²) in [5.74, 6) is 1.70. The largest absolute Gasteiger partial charge is 0.491 e. The fourth-order valence-corrected chi connectivity index (χ4v) is 4.22. The molecule has 0 aliphatic carbocycles. The van der Waals surface area contributed by atoms with Gasteiger partial charge in [0.2, 0.25) is 0 Å². The molecule has 2 rings (SSSR count). The van der Waals surface area contributed by atoms with E-state index >= 15 is 0 Å². The second kappa shape index (κ2) is 9.41. The van der Waals surface area contributed by atoms with Crippen molar-refractivity contribution in [3.05, 3.63) is 29.8 Å². The zero-order valence-electron chi connectivity index (χ0n) is 16.7. The van der Waals surface area contributed by atoms with Crippen molar-refractivity contribution in [2.75, 3.05) is 45.7 Å². The molecule has 0 aromatic heterocycles. The van der Waals surface area contributed by atoms with Gasteiger partial charge in [0.05, 0.1) is 23.7 Å². The highest BCUT2D eigenvalue weighted by Crippen LogP contribution is 2.24. The first-order chi connectivity index (χ1) is 12.8. The number of methoxy groups -OCH3 is 1. The molecule has 7 nitrogen and oxygen atoms in total. The zero-order valence-corrected chi connectivity index (χ0v) is 17.5. The van der Waals surface area contributed by atoms with Gasteiger partial charge in [0.1, 0.15) is 12.4 Å². The second-order valence-corrected chi connectivity index (χ2v) is 9.90. The van der Waals surface area contributed by atoms with Gasteiger partial charge in [0, 0.05) is 26.7 Å². The summed E-state index contributed by atoms with van der Waals surface area (Å²) < 4.78 is 34.2. The average Bonchev–Trinajstić information content (AvgIpc) is 2.62. The maximum Gasteiger partial charge on any atom is 0.194 e. The molecule has 0 radical (unpaired) electrons. The van der Waals surface area contributed by atoms with Crippen molar-refractivity contribution in [2.45, 2.75) is 32.1 Å². The molecule has 8 heteroatoms. The number of nitrogens with zero attached hydrogens (tertiary/aromatic N) is 2. The van der Waals surface area contributed by atoms with Gasteiger partial charge in [-0.25, -0.2) is 13.4 Å². The van der Waals surface area contributed by atoms with E-state index in [0.717, 1.165) is 23.8 Å². The first kappa shape index (κ1) is 21.5. The summed E-state index contributed by atoms with van der Waals surface area (Å²) in [4.78, 5) is 6.74. The molecule has 1 aromatic rings. The van der Waals surface area contributed by atoms with E-state index in [0.29, 0.717) is 32.8 Å². The minimum atomic E-state index is -3.07. The van der Waals surface area contributed by atoms with Crippen LogP contribution >= 0.6 is 0 Å². The van der Waals surface area contributed by atoms with Gasteiger partial charge >= 0.3 is 0 Å². The third-order valence-electron chi connectivity index (χ3n) is 4.57. The van der Waals surface area contributed by atoms with E-state index in [9.17, 15) is 8.42 Å². The Kier molecular flexibility index (Phi) is 7.49. The molecule has 1 N–H and O–H groups in total. The van der Waals surface area contributed by atoms with Crippen LogP contribution in [-0.2, 0) is 21.1 Å². The molecule has 152 valence electrons. The summed E-state index contributed by atoms with van der Waals surface area (Å²) in [5.41, 5.74) is 1.06. The molecule has 1 heterocycles. The van der Waals surface area contributed by atoms with Crippen LogP contribution in [0.1, 0.15) is 26.3 Å². The van der Waals surface area contributed by atoms with Gasteiger partial charge in [-0.15, -0.1) is 0 Å². The zero-order chi connectivity index (χ0) is 19.9. The van der Waals surface area contributed by atoms with E-state index in [1.165, 1.54) is 0 Å². The molecule has 0 spiro atoms. The highest BCUT2D eigenvalue weighted by atomic mass is 32.2. The molecular weight excluding hydrogens is 366 g/mol. The minimum Gasteiger partial charge on any atom is -0.491 e. The lowest BCUT2D eigenvalue weighted by molar-refractivity contribution is 0.146. The Morgan fingerprint density at radius 3 is 2.56 bits per heavy atom. The van der Waals surface area contributed by atoms with Gasteiger partial charge in [-0.3, -0.25) is 0 Å².